The van der Waals surface area contributed by atoms with Gasteiger partial charge in [0.1, 0.15) is 10.8 Å². The smallest absolute Gasteiger partial charge is 0.341 e. The van der Waals surface area contributed by atoms with Crippen LogP contribution >= 0.6 is 11.3 Å². The summed E-state index contributed by atoms with van der Waals surface area (Å²) in [6, 6.07) is 5.95. The van der Waals surface area contributed by atoms with Crippen LogP contribution in [-0.4, -0.2) is 50.9 Å². The Morgan fingerprint density at radius 3 is 1.97 bits per heavy atom. The van der Waals surface area contributed by atoms with Crippen LogP contribution in [0.2, 0.25) is 0 Å². The van der Waals surface area contributed by atoms with Gasteiger partial charge in [-0.05, 0) is 63.1 Å². The third-order valence-corrected chi connectivity index (χ3v) is 5.57. The van der Waals surface area contributed by atoms with Crippen LogP contribution in [0.15, 0.2) is 24.3 Å². The zero-order chi connectivity index (χ0) is 23.0. The molecule has 0 bridgehead atoms. The predicted octanol–water partition coefficient (Wildman–Crippen LogP) is 3.82. The van der Waals surface area contributed by atoms with Gasteiger partial charge in [-0.15, -0.1) is 11.3 Å². The molecule has 168 valence electrons. The molecule has 0 saturated carbocycles. The van der Waals surface area contributed by atoms with E-state index in [1.165, 1.54) is 11.3 Å². The van der Waals surface area contributed by atoms with Gasteiger partial charge >= 0.3 is 17.9 Å². The molecule has 0 aliphatic rings. The number of hydrogen-bond acceptors (Lipinski definition) is 9. The summed E-state index contributed by atoms with van der Waals surface area (Å²) in [5.74, 6) is -1.42. The molecule has 1 aromatic carbocycles. The van der Waals surface area contributed by atoms with Gasteiger partial charge in [0.05, 0.1) is 32.5 Å². The lowest BCUT2D eigenvalue weighted by Crippen LogP contribution is -2.40. The Kier molecular flexibility index (Phi) is 8.87. The van der Waals surface area contributed by atoms with E-state index in [9.17, 15) is 14.4 Å². The van der Waals surface area contributed by atoms with Crippen molar-refractivity contribution >= 4 is 34.2 Å². The van der Waals surface area contributed by atoms with E-state index in [0.29, 0.717) is 16.3 Å². The highest BCUT2D eigenvalue weighted by molar-refractivity contribution is 7.20. The number of hydrogen-bond donors (Lipinski definition) is 1. The molecule has 0 fully saturated rings. The number of thiophene rings is 1. The van der Waals surface area contributed by atoms with Crippen molar-refractivity contribution in [2.24, 2.45) is 0 Å². The molecule has 0 amide bonds. The fraction of sp³-hybridized carbons (Fsp3) is 0.409. The summed E-state index contributed by atoms with van der Waals surface area (Å²) < 4.78 is 20.4. The van der Waals surface area contributed by atoms with E-state index in [2.05, 4.69) is 5.32 Å². The monoisotopic (exact) mass is 449 g/mol. The van der Waals surface area contributed by atoms with Gasteiger partial charge in [0, 0.05) is 4.88 Å². The van der Waals surface area contributed by atoms with Crippen molar-refractivity contribution < 1.29 is 33.3 Å². The molecule has 1 heterocycles. The summed E-state index contributed by atoms with van der Waals surface area (Å²) in [5, 5.41) is 3.18. The van der Waals surface area contributed by atoms with Crippen LogP contribution in [-0.2, 0) is 23.8 Å². The van der Waals surface area contributed by atoms with Gasteiger partial charge in [0.2, 0.25) is 6.04 Å². The molecule has 0 radical (unpaired) electrons. The first-order valence-electron chi connectivity index (χ1n) is 9.92. The minimum absolute atomic E-state index is 0.0989. The van der Waals surface area contributed by atoms with Gasteiger partial charge in [0.15, 0.2) is 0 Å². The number of ether oxygens (including phenoxy) is 4. The predicted molar refractivity (Wildman–Crippen MR) is 118 cm³/mol. The molecule has 0 aliphatic heterocycles. The normalized spacial score (nSPS) is 10.5. The molecule has 31 heavy (non-hydrogen) atoms. The van der Waals surface area contributed by atoms with Crippen molar-refractivity contribution in [2.45, 2.75) is 33.7 Å². The van der Waals surface area contributed by atoms with Gasteiger partial charge in [0.25, 0.3) is 0 Å². The fourth-order valence-electron chi connectivity index (χ4n) is 2.88. The van der Waals surface area contributed by atoms with Crippen molar-refractivity contribution in [1.29, 1.82) is 0 Å². The minimum Gasteiger partial charge on any atom is -0.497 e. The second-order valence-electron chi connectivity index (χ2n) is 6.29. The zero-order valence-electron chi connectivity index (χ0n) is 18.3. The number of carbonyl (C=O) groups excluding carboxylic acids is 3. The van der Waals surface area contributed by atoms with Crippen LogP contribution in [0.5, 0.6) is 5.75 Å². The quantitative estimate of drug-likeness (QED) is 0.332. The van der Waals surface area contributed by atoms with E-state index in [0.717, 1.165) is 10.4 Å². The van der Waals surface area contributed by atoms with Crippen molar-refractivity contribution in [3.8, 4) is 16.2 Å². The second-order valence-corrected chi connectivity index (χ2v) is 7.31. The molecule has 8 nitrogen and oxygen atoms in total. The lowest BCUT2D eigenvalue weighted by atomic mass is 10.1. The molecule has 9 heteroatoms. The summed E-state index contributed by atoms with van der Waals surface area (Å²) in [6.07, 6.45) is 0. The number of carbonyl (C=O) groups is 3. The van der Waals surface area contributed by atoms with E-state index >= 15 is 0 Å². The molecule has 0 atom stereocenters. The standard InChI is InChI=1S/C22H27NO7S/c1-6-28-20(24)16-13(4)18(14-9-11-15(27-5)12-10-14)31-19(16)23-17(21(25)29-7-2)22(26)30-8-3/h9-12,17,23H,6-8H2,1-5H3. The third kappa shape index (κ3) is 5.75. The minimum atomic E-state index is -1.41. The zero-order valence-corrected chi connectivity index (χ0v) is 19.1. The lowest BCUT2D eigenvalue weighted by molar-refractivity contribution is -0.155. The maximum Gasteiger partial charge on any atom is 0.341 e. The van der Waals surface area contributed by atoms with Crippen molar-refractivity contribution in [1.82, 2.24) is 0 Å². The Balaban J connectivity index is 2.53. The van der Waals surface area contributed by atoms with E-state index in [1.54, 1.807) is 34.8 Å². The first-order valence-corrected chi connectivity index (χ1v) is 10.7. The maximum atomic E-state index is 12.7. The SMILES string of the molecule is CCOC(=O)c1c(NC(C(=O)OCC)C(=O)OCC)sc(-c2ccc(OC)cc2)c1C. The highest BCUT2D eigenvalue weighted by Gasteiger charge is 2.33. The maximum absolute atomic E-state index is 12.7. The highest BCUT2D eigenvalue weighted by Crippen LogP contribution is 2.41. The molecule has 0 spiro atoms. The number of anilines is 1. The number of benzene rings is 1. The summed E-state index contributed by atoms with van der Waals surface area (Å²) >= 11 is 1.24. The first kappa shape index (κ1) is 24.2. The van der Waals surface area contributed by atoms with Gasteiger partial charge < -0.3 is 24.3 Å². The molecule has 1 N–H and O–H groups in total. The Bertz CT molecular complexity index is 903. The fourth-order valence-corrected chi connectivity index (χ4v) is 4.11. The van der Waals surface area contributed by atoms with Crippen LogP contribution < -0.4 is 10.1 Å². The Labute approximate surface area is 185 Å². The van der Waals surface area contributed by atoms with E-state index in [4.69, 9.17) is 18.9 Å². The molecule has 0 unspecified atom stereocenters. The molecule has 0 aliphatic carbocycles. The summed E-state index contributed by atoms with van der Waals surface area (Å²) in [6.45, 7) is 7.16. The second kappa shape index (κ2) is 11.4. The number of methoxy groups -OCH3 is 1. The highest BCUT2D eigenvalue weighted by atomic mass is 32.1. The van der Waals surface area contributed by atoms with Crippen molar-refractivity contribution in [3.63, 3.8) is 0 Å². The average molecular weight is 450 g/mol. The van der Waals surface area contributed by atoms with Gasteiger partial charge in [-0.1, -0.05) is 0 Å². The number of nitrogens with one attached hydrogen (secondary N) is 1. The van der Waals surface area contributed by atoms with Crippen molar-refractivity contribution in [2.75, 3.05) is 32.2 Å². The Morgan fingerprint density at radius 2 is 1.48 bits per heavy atom. The summed E-state index contributed by atoms with van der Waals surface area (Å²) in [7, 11) is 1.58. The van der Waals surface area contributed by atoms with Gasteiger partial charge in [-0.25, -0.2) is 14.4 Å². The largest absolute Gasteiger partial charge is 0.497 e. The Morgan fingerprint density at radius 1 is 0.935 bits per heavy atom. The number of rotatable bonds is 10. The lowest BCUT2D eigenvalue weighted by Gasteiger charge is -2.16. The van der Waals surface area contributed by atoms with Gasteiger partial charge in [-0.3, -0.25) is 0 Å². The third-order valence-electron chi connectivity index (χ3n) is 4.30. The van der Waals surface area contributed by atoms with E-state index in [-0.39, 0.29) is 25.4 Å². The van der Waals surface area contributed by atoms with Crippen LogP contribution in [0.25, 0.3) is 10.4 Å². The molecule has 2 rings (SSSR count). The molecule has 2 aromatic rings. The summed E-state index contributed by atoms with van der Waals surface area (Å²) in [4.78, 5) is 38.3. The molecule has 0 saturated heterocycles. The summed E-state index contributed by atoms with van der Waals surface area (Å²) in [5.41, 5.74) is 1.78. The first-order chi connectivity index (χ1) is 14.9. The van der Waals surface area contributed by atoms with E-state index in [1.807, 2.05) is 24.3 Å². The average Bonchev–Trinajstić information content (AvgIpc) is 3.08. The van der Waals surface area contributed by atoms with Crippen LogP contribution in [0, 0.1) is 6.92 Å². The van der Waals surface area contributed by atoms with Crippen LogP contribution in [0.4, 0.5) is 5.00 Å². The van der Waals surface area contributed by atoms with Crippen molar-refractivity contribution in [3.05, 3.63) is 35.4 Å². The number of esters is 3. The van der Waals surface area contributed by atoms with E-state index < -0.39 is 23.9 Å². The molecule has 1 aromatic heterocycles. The van der Waals surface area contributed by atoms with Crippen LogP contribution in [0.3, 0.4) is 0 Å². The van der Waals surface area contributed by atoms with Crippen LogP contribution in [0.1, 0.15) is 36.7 Å². The molecular weight excluding hydrogens is 422 g/mol. The van der Waals surface area contributed by atoms with Gasteiger partial charge in [-0.2, -0.15) is 0 Å². The topological polar surface area (TPSA) is 100 Å². The molecular formula is C22H27NO7S. The Hall–Kier alpha value is -3.07.